The van der Waals surface area contributed by atoms with E-state index in [9.17, 15) is 4.79 Å². The number of hydrogen-bond acceptors (Lipinski definition) is 1. The molecule has 1 aliphatic carbocycles. The van der Waals surface area contributed by atoms with Crippen LogP contribution in [0.3, 0.4) is 0 Å². The maximum absolute atomic E-state index is 12.1. The van der Waals surface area contributed by atoms with Crippen LogP contribution in [0.25, 0.3) is 0 Å². The third-order valence-electron chi connectivity index (χ3n) is 3.13. The van der Waals surface area contributed by atoms with E-state index in [1.165, 1.54) is 0 Å². The standard InChI is InChI=1S/C13H16BrNO/c1-2-10-5-3-4-6-11(10)12(16)15-13(9-14)7-8-13/h3-6H,2,7-9H2,1H3,(H,15,16). The summed E-state index contributed by atoms with van der Waals surface area (Å²) in [7, 11) is 0. The third kappa shape index (κ3) is 2.29. The topological polar surface area (TPSA) is 29.1 Å². The quantitative estimate of drug-likeness (QED) is 0.845. The van der Waals surface area contributed by atoms with Crippen molar-refractivity contribution >= 4 is 21.8 Å². The molecule has 2 rings (SSSR count). The maximum atomic E-state index is 12.1. The molecule has 1 aromatic carbocycles. The van der Waals surface area contributed by atoms with E-state index in [1.54, 1.807) is 0 Å². The first-order valence-electron chi connectivity index (χ1n) is 5.67. The number of benzene rings is 1. The van der Waals surface area contributed by atoms with Gasteiger partial charge in [-0.05, 0) is 30.9 Å². The molecule has 0 saturated heterocycles. The molecule has 0 aliphatic heterocycles. The summed E-state index contributed by atoms with van der Waals surface area (Å²) >= 11 is 3.46. The van der Waals surface area contributed by atoms with Gasteiger partial charge in [0.1, 0.15) is 0 Å². The van der Waals surface area contributed by atoms with Gasteiger partial charge in [0.05, 0.1) is 5.54 Å². The summed E-state index contributed by atoms with van der Waals surface area (Å²) in [4.78, 5) is 12.1. The zero-order chi connectivity index (χ0) is 11.6. The van der Waals surface area contributed by atoms with Crippen molar-refractivity contribution < 1.29 is 4.79 Å². The van der Waals surface area contributed by atoms with Crippen LogP contribution in [0.4, 0.5) is 0 Å². The second-order valence-electron chi connectivity index (χ2n) is 4.38. The number of nitrogens with one attached hydrogen (secondary N) is 1. The Morgan fingerprint density at radius 2 is 2.12 bits per heavy atom. The Bertz CT molecular complexity index is 399. The van der Waals surface area contributed by atoms with Crippen LogP contribution < -0.4 is 5.32 Å². The van der Waals surface area contributed by atoms with Gasteiger partial charge in [-0.25, -0.2) is 0 Å². The number of rotatable bonds is 4. The molecule has 86 valence electrons. The molecule has 1 fully saturated rings. The summed E-state index contributed by atoms with van der Waals surface area (Å²) in [5.41, 5.74) is 1.96. The van der Waals surface area contributed by atoms with E-state index in [0.717, 1.165) is 35.7 Å². The van der Waals surface area contributed by atoms with E-state index in [-0.39, 0.29) is 11.4 Å². The van der Waals surface area contributed by atoms with Gasteiger partial charge in [0, 0.05) is 10.9 Å². The highest BCUT2D eigenvalue weighted by Gasteiger charge is 2.43. The van der Waals surface area contributed by atoms with Crippen molar-refractivity contribution in [3.8, 4) is 0 Å². The number of carbonyl (C=O) groups excluding carboxylic acids is 1. The van der Waals surface area contributed by atoms with Gasteiger partial charge in [0.2, 0.25) is 0 Å². The number of hydrogen-bond donors (Lipinski definition) is 1. The maximum Gasteiger partial charge on any atom is 0.252 e. The molecular formula is C13H16BrNO. The smallest absolute Gasteiger partial charge is 0.252 e. The fraction of sp³-hybridized carbons (Fsp3) is 0.462. The van der Waals surface area contributed by atoms with Crippen molar-refractivity contribution in [1.29, 1.82) is 0 Å². The van der Waals surface area contributed by atoms with Gasteiger partial charge >= 0.3 is 0 Å². The van der Waals surface area contributed by atoms with Gasteiger partial charge in [-0.1, -0.05) is 41.1 Å². The van der Waals surface area contributed by atoms with Crippen molar-refractivity contribution in [2.24, 2.45) is 0 Å². The molecule has 1 aliphatic rings. The fourth-order valence-corrected chi connectivity index (χ4v) is 2.50. The van der Waals surface area contributed by atoms with E-state index in [2.05, 4.69) is 28.2 Å². The number of alkyl halides is 1. The molecule has 0 heterocycles. The highest BCUT2D eigenvalue weighted by molar-refractivity contribution is 9.09. The van der Waals surface area contributed by atoms with Crippen molar-refractivity contribution in [3.05, 3.63) is 35.4 Å². The lowest BCUT2D eigenvalue weighted by Crippen LogP contribution is -2.38. The molecule has 2 nitrogen and oxygen atoms in total. The van der Waals surface area contributed by atoms with Crippen LogP contribution in [-0.4, -0.2) is 16.8 Å². The summed E-state index contributed by atoms with van der Waals surface area (Å²) in [6, 6.07) is 7.82. The number of amides is 1. The summed E-state index contributed by atoms with van der Waals surface area (Å²) < 4.78 is 0. The van der Waals surface area contributed by atoms with Crippen LogP contribution in [0, 0.1) is 0 Å². The molecule has 3 heteroatoms. The highest BCUT2D eigenvalue weighted by Crippen LogP contribution is 2.37. The lowest BCUT2D eigenvalue weighted by molar-refractivity contribution is 0.0935. The summed E-state index contributed by atoms with van der Waals surface area (Å²) in [5.74, 6) is 0.0643. The molecule has 0 bridgehead atoms. The molecule has 1 aromatic rings. The van der Waals surface area contributed by atoms with Crippen LogP contribution in [0.1, 0.15) is 35.7 Å². The van der Waals surface area contributed by atoms with E-state index >= 15 is 0 Å². The predicted octanol–water partition coefficient (Wildman–Crippen LogP) is 2.91. The van der Waals surface area contributed by atoms with Gasteiger partial charge in [-0.15, -0.1) is 0 Å². The number of aryl methyl sites for hydroxylation is 1. The minimum Gasteiger partial charge on any atom is -0.346 e. The minimum atomic E-state index is 0.0257. The van der Waals surface area contributed by atoms with Crippen LogP contribution in [0.2, 0.25) is 0 Å². The molecule has 1 amide bonds. The Morgan fingerprint density at radius 3 is 2.69 bits per heavy atom. The first-order chi connectivity index (χ1) is 7.71. The van der Waals surface area contributed by atoms with Gasteiger partial charge in [-0.2, -0.15) is 0 Å². The summed E-state index contributed by atoms with van der Waals surface area (Å²) in [6.45, 7) is 2.07. The van der Waals surface area contributed by atoms with Crippen molar-refractivity contribution in [3.63, 3.8) is 0 Å². The normalized spacial score (nSPS) is 16.9. The average Bonchev–Trinajstić information content (AvgIpc) is 3.09. The van der Waals surface area contributed by atoms with E-state index in [4.69, 9.17) is 0 Å². The van der Waals surface area contributed by atoms with Crippen LogP contribution in [-0.2, 0) is 6.42 Å². The van der Waals surface area contributed by atoms with Gasteiger partial charge < -0.3 is 5.32 Å². The molecule has 0 aromatic heterocycles. The molecule has 16 heavy (non-hydrogen) atoms. The molecule has 1 saturated carbocycles. The molecular weight excluding hydrogens is 266 g/mol. The average molecular weight is 282 g/mol. The molecule has 0 unspecified atom stereocenters. The SMILES string of the molecule is CCc1ccccc1C(=O)NC1(CBr)CC1. The monoisotopic (exact) mass is 281 g/mol. The Hall–Kier alpha value is -0.830. The Labute approximate surface area is 105 Å². The zero-order valence-electron chi connectivity index (χ0n) is 9.42. The second kappa shape index (κ2) is 4.58. The Balaban J connectivity index is 2.14. The summed E-state index contributed by atoms with van der Waals surface area (Å²) in [5, 5.41) is 3.97. The Kier molecular flexibility index (Phi) is 3.33. The largest absolute Gasteiger partial charge is 0.346 e. The van der Waals surface area contributed by atoms with Gasteiger partial charge in [-0.3, -0.25) is 4.79 Å². The van der Waals surface area contributed by atoms with Crippen molar-refractivity contribution in [1.82, 2.24) is 5.32 Å². The van der Waals surface area contributed by atoms with Crippen molar-refractivity contribution in [2.45, 2.75) is 31.7 Å². The van der Waals surface area contributed by atoms with E-state index in [1.807, 2.05) is 24.3 Å². The van der Waals surface area contributed by atoms with Crippen LogP contribution in [0.15, 0.2) is 24.3 Å². The van der Waals surface area contributed by atoms with Gasteiger partial charge in [0.25, 0.3) is 5.91 Å². The van der Waals surface area contributed by atoms with Gasteiger partial charge in [0.15, 0.2) is 0 Å². The molecule has 0 atom stereocenters. The molecule has 0 spiro atoms. The minimum absolute atomic E-state index is 0.0257. The second-order valence-corrected chi connectivity index (χ2v) is 4.94. The van der Waals surface area contributed by atoms with Crippen molar-refractivity contribution in [2.75, 3.05) is 5.33 Å². The lowest BCUT2D eigenvalue weighted by atomic mass is 10.0. The molecule has 1 N–H and O–H groups in total. The zero-order valence-corrected chi connectivity index (χ0v) is 11.0. The third-order valence-corrected chi connectivity index (χ3v) is 4.20. The lowest BCUT2D eigenvalue weighted by Gasteiger charge is -2.15. The summed E-state index contributed by atoms with van der Waals surface area (Å²) in [6.07, 6.45) is 3.06. The van der Waals surface area contributed by atoms with E-state index < -0.39 is 0 Å². The van der Waals surface area contributed by atoms with E-state index in [0.29, 0.717) is 0 Å². The number of halogens is 1. The fourth-order valence-electron chi connectivity index (χ4n) is 1.80. The predicted molar refractivity (Wildman–Crippen MR) is 69.0 cm³/mol. The van der Waals surface area contributed by atoms with Crippen LogP contribution >= 0.6 is 15.9 Å². The first kappa shape index (κ1) is 11.6. The first-order valence-corrected chi connectivity index (χ1v) is 6.79. The molecule has 0 radical (unpaired) electrons. The highest BCUT2D eigenvalue weighted by atomic mass is 79.9. The Morgan fingerprint density at radius 1 is 1.44 bits per heavy atom. The van der Waals surface area contributed by atoms with Crippen LogP contribution in [0.5, 0.6) is 0 Å². The number of carbonyl (C=O) groups is 1.